The lowest BCUT2D eigenvalue weighted by molar-refractivity contribution is 0.414. The Hall–Kier alpha value is -0.730. The molecule has 0 heterocycles. The Balaban J connectivity index is 0. The molecule has 3 heteroatoms. The molecule has 0 amide bonds. The van der Waals surface area contributed by atoms with E-state index in [4.69, 9.17) is 4.74 Å². The highest BCUT2D eigenvalue weighted by atomic mass is 35.5. The topological polar surface area (TPSA) is 44.2 Å². The number of halogens is 1. The van der Waals surface area contributed by atoms with Gasteiger partial charge in [-0.2, -0.15) is 0 Å². The molecule has 70 valence electrons. The molecule has 0 aliphatic carbocycles. The molecular weight excluding hydrogens is 174 g/mol. The Morgan fingerprint density at radius 3 is 2.00 bits per heavy atom. The standard InChI is InChI=1S/C9H12O.ClH.H3N/c1-3-8-4-6-9(10-2)7-5-8;;/h4-7H,3H2,1-2H3;1H;1H3. The Kier molecular flexibility index (Phi) is 8.01. The van der Waals surface area contributed by atoms with Crippen LogP contribution in [0.2, 0.25) is 0 Å². The molecule has 0 saturated carbocycles. The van der Waals surface area contributed by atoms with Gasteiger partial charge in [-0.05, 0) is 24.1 Å². The van der Waals surface area contributed by atoms with E-state index in [1.165, 1.54) is 5.56 Å². The highest BCUT2D eigenvalue weighted by Gasteiger charge is 1.89. The smallest absolute Gasteiger partial charge is 0.118 e. The summed E-state index contributed by atoms with van der Waals surface area (Å²) >= 11 is 0. The van der Waals surface area contributed by atoms with E-state index < -0.39 is 0 Å². The Bertz CT molecular complexity index is 175. The third kappa shape index (κ3) is 3.60. The molecule has 0 saturated heterocycles. The predicted molar refractivity (Wildman–Crippen MR) is 54.6 cm³/mol. The van der Waals surface area contributed by atoms with Crippen LogP contribution in [-0.4, -0.2) is 7.11 Å². The summed E-state index contributed by atoms with van der Waals surface area (Å²) in [5.74, 6) is 0.928. The summed E-state index contributed by atoms with van der Waals surface area (Å²) < 4.78 is 5.01. The van der Waals surface area contributed by atoms with Gasteiger partial charge in [-0.1, -0.05) is 19.1 Å². The van der Waals surface area contributed by atoms with E-state index >= 15 is 0 Å². The largest absolute Gasteiger partial charge is 0.497 e. The van der Waals surface area contributed by atoms with E-state index in [1.807, 2.05) is 12.1 Å². The minimum atomic E-state index is 0. The van der Waals surface area contributed by atoms with Crippen molar-refractivity contribution in [2.24, 2.45) is 0 Å². The van der Waals surface area contributed by atoms with Crippen LogP contribution < -0.4 is 10.9 Å². The maximum absolute atomic E-state index is 5.01. The van der Waals surface area contributed by atoms with Gasteiger partial charge in [0.05, 0.1) is 7.11 Å². The van der Waals surface area contributed by atoms with Crippen LogP contribution in [0.1, 0.15) is 12.5 Å². The van der Waals surface area contributed by atoms with Gasteiger partial charge >= 0.3 is 0 Å². The summed E-state index contributed by atoms with van der Waals surface area (Å²) in [5, 5.41) is 0. The zero-order chi connectivity index (χ0) is 7.40. The lowest BCUT2D eigenvalue weighted by Crippen LogP contribution is -1.83. The summed E-state index contributed by atoms with van der Waals surface area (Å²) in [5.41, 5.74) is 1.35. The molecule has 0 fully saturated rings. The molecular formula is C9H16ClNO. The molecule has 3 N–H and O–H groups in total. The van der Waals surface area contributed by atoms with Gasteiger partial charge in [-0.15, -0.1) is 12.4 Å². The Morgan fingerprint density at radius 1 is 1.17 bits per heavy atom. The van der Waals surface area contributed by atoms with E-state index in [0.717, 1.165) is 12.2 Å². The molecule has 1 rings (SSSR count). The number of ether oxygens (including phenoxy) is 1. The Morgan fingerprint density at radius 2 is 1.67 bits per heavy atom. The maximum Gasteiger partial charge on any atom is 0.118 e. The van der Waals surface area contributed by atoms with Crippen molar-refractivity contribution in [2.75, 3.05) is 7.11 Å². The van der Waals surface area contributed by atoms with Crippen molar-refractivity contribution in [3.8, 4) is 5.75 Å². The van der Waals surface area contributed by atoms with Crippen molar-refractivity contribution < 1.29 is 4.74 Å². The van der Waals surface area contributed by atoms with Crippen LogP contribution in [0.25, 0.3) is 0 Å². The van der Waals surface area contributed by atoms with Gasteiger partial charge in [0.25, 0.3) is 0 Å². The van der Waals surface area contributed by atoms with Crippen molar-refractivity contribution in [2.45, 2.75) is 13.3 Å². The number of benzene rings is 1. The van der Waals surface area contributed by atoms with Crippen molar-refractivity contribution in [1.82, 2.24) is 6.15 Å². The third-order valence-electron chi connectivity index (χ3n) is 1.57. The maximum atomic E-state index is 5.01. The zero-order valence-corrected chi connectivity index (χ0v) is 8.36. The molecule has 0 spiro atoms. The molecule has 1 aromatic carbocycles. The fourth-order valence-corrected chi connectivity index (χ4v) is 0.861. The summed E-state index contributed by atoms with van der Waals surface area (Å²) in [6.45, 7) is 2.14. The second-order valence-electron chi connectivity index (χ2n) is 2.20. The first kappa shape index (κ1) is 13.8. The number of hydrogen-bond acceptors (Lipinski definition) is 2. The average molecular weight is 190 g/mol. The van der Waals surface area contributed by atoms with Gasteiger partial charge in [-0.25, -0.2) is 0 Å². The van der Waals surface area contributed by atoms with E-state index in [9.17, 15) is 0 Å². The quantitative estimate of drug-likeness (QED) is 0.778. The van der Waals surface area contributed by atoms with Gasteiger partial charge in [0.1, 0.15) is 5.75 Å². The molecule has 0 bridgehead atoms. The fourth-order valence-electron chi connectivity index (χ4n) is 0.861. The Labute approximate surface area is 79.9 Å². The van der Waals surface area contributed by atoms with Crippen LogP contribution in [-0.2, 0) is 6.42 Å². The number of methoxy groups -OCH3 is 1. The van der Waals surface area contributed by atoms with E-state index in [0.29, 0.717) is 0 Å². The first-order chi connectivity index (χ1) is 4.86. The van der Waals surface area contributed by atoms with Gasteiger partial charge in [0.2, 0.25) is 0 Å². The molecule has 12 heavy (non-hydrogen) atoms. The van der Waals surface area contributed by atoms with E-state index in [2.05, 4.69) is 19.1 Å². The van der Waals surface area contributed by atoms with Gasteiger partial charge in [-0.3, -0.25) is 0 Å². The molecule has 0 aromatic heterocycles. The van der Waals surface area contributed by atoms with Gasteiger partial charge in [0.15, 0.2) is 0 Å². The van der Waals surface area contributed by atoms with Gasteiger partial charge in [0, 0.05) is 0 Å². The normalized spacial score (nSPS) is 7.83. The lowest BCUT2D eigenvalue weighted by Gasteiger charge is -1.99. The summed E-state index contributed by atoms with van der Waals surface area (Å²) in [4.78, 5) is 0. The monoisotopic (exact) mass is 189 g/mol. The number of rotatable bonds is 2. The molecule has 1 aromatic rings. The molecule has 0 aliphatic heterocycles. The lowest BCUT2D eigenvalue weighted by atomic mass is 10.2. The van der Waals surface area contributed by atoms with Gasteiger partial charge < -0.3 is 10.9 Å². The first-order valence-corrected chi connectivity index (χ1v) is 3.49. The minimum absolute atomic E-state index is 0. The number of hydrogen-bond donors (Lipinski definition) is 1. The van der Waals surface area contributed by atoms with Crippen LogP contribution >= 0.6 is 12.4 Å². The highest BCUT2D eigenvalue weighted by Crippen LogP contribution is 2.10. The summed E-state index contributed by atoms with van der Waals surface area (Å²) in [6.07, 6.45) is 1.09. The minimum Gasteiger partial charge on any atom is -0.497 e. The molecule has 0 aliphatic rings. The van der Waals surface area contributed by atoms with E-state index in [1.54, 1.807) is 7.11 Å². The third-order valence-corrected chi connectivity index (χ3v) is 1.57. The van der Waals surface area contributed by atoms with Crippen molar-refractivity contribution in [3.05, 3.63) is 29.8 Å². The first-order valence-electron chi connectivity index (χ1n) is 3.49. The average Bonchev–Trinajstić information content (AvgIpc) is 2.05. The second-order valence-corrected chi connectivity index (χ2v) is 2.20. The summed E-state index contributed by atoms with van der Waals surface area (Å²) in [7, 11) is 1.68. The SMILES string of the molecule is CCc1ccc(OC)cc1.Cl.N. The van der Waals surface area contributed by atoms with Crippen LogP contribution in [0.4, 0.5) is 0 Å². The van der Waals surface area contributed by atoms with Crippen LogP contribution in [0.3, 0.4) is 0 Å². The molecule has 0 atom stereocenters. The second kappa shape index (κ2) is 6.95. The fraction of sp³-hybridized carbons (Fsp3) is 0.333. The van der Waals surface area contributed by atoms with Crippen molar-refractivity contribution in [1.29, 1.82) is 0 Å². The predicted octanol–water partition coefficient (Wildman–Crippen LogP) is 2.84. The van der Waals surface area contributed by atoms with Crippen LogP contribution in [0, 0.1) is 0 Å². The highest BCUT2D eigenvalue weighted by molar-refractivity contribution is 5.85. The zero-order valence-electron chi connectivity index (χ0n) is 7.54. The molecule has 2 nitrogen and oxygen atoms in total. The van der Waals surface area contributed by atoms with Crippen molar-refractivity contribution in [3.63, 3.8) is 0 Å². The summed E-state index contributed by atoms with van der Waals surface area (Å²) in [6, 6.07) is 8.13. The van der Waals surface area contributed by atoms with Crippen molar-refractivity contribution >= 4 is 12.4 Å². The van der Waals surface area contributed by atoms with E-state index in [-0.39, 0.29) is 18.6 Å². The van der Waals surface area contributed by atoms with Crippen LogP contribution in [0.5, 0.6) is 5.75 Å². The van der Waals surface area contributed by atoms with Crippen LogP contribution in [0.15, 0.2) is 24.3 Å². The molecule has 0 radical (unpaired) electrons. The number of aryl methyl sites for hydroxylation is 1. The molecule has 0 unspecified atom stereocenters.